The van der Waals surface area contributed by atoms with E-state index < -0.39 is 22.2 Å². The second-order valence-electron chi connectivity index (χ2n) is 8.71. The number of carbonyl (C=O) groups excluding carboxylic acids is 2. The van der Waals surface area contributed by atoms with Crippen LogP contribution in [0.2, 0.25) is 10.0 Å². The molecule has 12 heteroatoms. The van der Waals surface area contributed by atoms with Gasteiger partial charge < -0.3 is 5.32 Å². The largest absolute Gasteiger partial charge is 0.338 e. The van der Waals surface area contributed by atoms with Crippen molar-refractivity contribution in [2.75, 3.05) is 6.54 Å². The van der Waals surface area contributed by atoms with Gasteiger partial charge in [0.15, 0.2) is 0 Å². The van der Waals surface area contributed by atoms with E-state index in [9.17, 15) is 19.7 Å². The summed E-state index contributed by atoms with van der Waals surface area (Å²) >= 11 is 13.3. The van der Waals surface area contributed by atoms with Crippen LogP contribution < -0.4 is 5.32 Å². The number of hydrogen-bond acceptors (Lipinski definition) is 6. The number of aromatic nitrogens is 2. The van der Waals surface area contributed by atoms with Crippen LogP contribution >= 0.6 is 35.0 Å². The first-order valence-corrected chi connectivity index (χ1v) is 13.5. The maximum Gasteiger partial charge on any atom is 0.325 e. The number of thioether (sulfide) groups is 1. The van der Waals surface area contributed by atoms with E-state index in [1.165, 1.54) is 28.8 Å². The lowest BCUT2D eigenvalue weighted by Gasteiger charge is -2.22. The number of fused-ring (bicyclic) bond motifs is 1. The van der Waals surface area contributed by atoms with Crippen LogP contribution in [0, 0.1) is 10.1 Å². The SMILES string of the molecule is O=C(NCCCn1ncc2ccc([N+](=O)[O-])cc21)N1C(=O)/C(=C/c2ccc(Cl)cc2)SC1c1ccc(Cl)cc1. The molecule has 0 saturated carbocycles. The maximum absolute atomic E-state index is 13.4. The number of rotatable bonds is 7. The molecule has 1 N–H and O–H groups in total. The normalized spacial score (nSPS) is 16.3. The molecule has 0 bridgehead atoms. The molecule has 1 fully saturated rings. The first-order valence-electron chi connectivity index (χ1n) is 11.9. The molecule has 39 heavy (non-hydrogen) atoms. The van der Waals surface area contributed by atoms with Crippen molar-refractivity contribution in [3.63, 3.8) is 0 Å². The van der Waals surface area contributed by atoms with Crippen molar-refractivity contribution in [3.05, 3.63) is 109 Å². The Morgan fingerprint density at radius 1 is 1.08 bits per heavy atom. The number of non-ortho nitro benzene ring substituents is 1. The fourth-order valence-electron chi connectivity index (χ4n) is 4.16. The number of urea groups is 1. The summed E-state index contributed by atoms with van der Waals surface area (Å²) in [5.41, 5.74) is 2.18. The molecule has 3 amide bonds. The maximum atomic E-state index is 13.4. The first-order chi connectivity index (χ1) is 18.8. The van der Waals surface area contributed by atoms with Gasteiger partial charge in [0.05, 0.1) is 21.5 Å². The van der Waals surface area contributed by atoms with E-state index in [1.807, 2.05) is 0 Å². The molecular formula is C27H21Cl2N5O4S. The molecule has 0 radical (unpaired) electrons. The van der Waals surface area contributed by atoms with E-state index in [0.29, 0.717) is 33.4 Å². The fourth-order valence-corrected chi connectivity index (χ4v) is 5.64. The van der Waals surface area contributed by atoms with Crippen molar-refractivity contribution in [3.8, 4) is 0 Å². The number of hydrogen-bond donors (Lipinski definition) is 1. The summed E-state index contributed by atoms with van der Waals surface area (Å²) in [4.78, 5) is 38.9. The average Bonchev–Trinajstić information content (AvgIpc) is 3.48. The number of halogens is 2. The molecule has 1 atom stereocenters. The van der Waals surface area contributed by atoms with Gasteiger partial charge in [0.1, 0.15) is 5.37 Å². The van der Waals surface area contributed by atoms with Gasteiger partial charge >= 0.3 is 6.03 Å². The molecule has 0 spiro atoms. The number of amides is 3. The number of nitro benzene ring substituents is 1. The van der Waals surface area contributed by atoms with Crippen molar-refractivity contribution in [1.29, 1.82) is 0 Å². The van der Waals surface area contributed by atoms with Gasteiger partial charge in [0.25, 0.3) is 11.6 Å². The van der Waals surface area contributed by atoms with E-state index in [4.69, 9.17) is 23.2 Å². The zero-order valence-corrected chi connectivity index (χ0v) is 22.6. The Hall–Kier alpha value is -3.86. The van der Waals surface area contributed by atoms with Crippen molar-refractivity contribution < 1.29 is 14.5 Å². The van der Waals surface area contributed by atoms with Gasteiger partial charge in [-0.05, 0) is 54.0 Å². The van der Waals surface area contributed by atoms with Crippen molar-refractivity contribution >= 4 is 69.6 Å². The minimum atomic E-state index is -0.566. The number of nitrogens with one attached hydrogen (secondary N) is 1. The predicted octanol–water partition coefficient (Wildman–Crippen LogP) is 6.67. The van der Waals surface area contributed by atoms with Crippen LogP contribution in [0.15, 0.2) is 77.8 Å². The Bertz CT molecular complexity index is 1590. The Kier molecular flexibility index (Phi) is 7.87. The highest BCUT2D eigenvalue weighted by Crippen LogP contribution is 2.46. The van der Waals surface area contributed by atoms with Crippen LogP contribution in [0.4, 0.5) is 10.5 Å². The summed E-state index contributed by atoms with van der Waals surface area (Å²) in [6.45, 7) is 0.698. The minimum absolute atomic E-state index is 0.0155. The smallest absolute Gasteiger partial charge is 0.325 e. The van der Waals surface area contributed by atoms with Crippen LogP contribution in [0.25, 0.3) is 17.0 Å². The molecule has 1 aliphatic rings. The molecule has 0 aliphatic carbocycles. The zero-order valence-electron chi connectivity index (χ0n) is 20.3. The molecule has 4 aromatic rings. The third kappa shape index (κ3) is 5.93. The van der Waals surface area contributed by atoms with Crippen LogP contribution in [-0.4, -0.2) is 38.1 Å². The summed E-state index contributed by atoms with van der Waals surface area (Å²) in [7, 11) is 0. The van der Waals surface area contributed by atoms with Gasteiger partial charge in [-0.15, -0.1) is 0 Å². The Morgan fingerprint density at radius 2 is 1.77 bits per heavy atom. The number of benzene rings is 3. The number of aryl methyl sites for hydroxylation is 1. The molecule has 1 unspecified atom stereocenters. The van der Waals surface area contributed by atoms with Gasteiger partial charge in [-0.2, -0.15) is 5.10 Å². The van der Waals surface area contributed by atoms with Crippen molar-refractivity contribution in [2.24, 2.45) is 0 Å². The van der Waals surface area contributed by atoms with E-state index in [1.54, 1.807) is 71.6 Å². The molecule has 1 aromatic heterocycles. The number of nitro groups is 1. The quantitative estimate of drug-likeness (QED) is 0.113. The molecule has 5 rings (SSSR count). The van der Waals surface area contributed by atoms with Gasteiger partial charge in [-0.1, -0.05) is 59.2 Å². The Morgan fingerprint density at radius 3 is 2.46 bits per heavy atom. The number of imide groups is 1. The molecule has 2 heterocycles. The monoisotopic (exact) mass is 581 g/mol. The summed E-state index contributed by atoms with van der Waals surface area (Å²) in [5, 5.41) is 19.6. The highest BCUT2D eigenvalue weighted by atomic mass is 35.5. The lowest BCUT2D eigenvalue weighted by molar-refractivity contribution is -0.384. The summed E-state index contributed by atoms with van der Waals surface area (Å²) in [6.07, 6.45) is 3.88. The van der Waals surface area contributed by atoms with E-state index in [2.05, 4.69) is 10.4 Å². The summed E-state index contributed by atoms with van der Waals surface area (Å²) in [5.74, 6) is -0.405. The lowest BCUT2D eigenvalue weighted by Crippen LogP contribution is -2.42. The van der Waals surface area contributed by atoms with Crippen LogP contribution in [0.1, 0.15) is 22.9 Å². The van der Waals surface area contributed by atoms with Gasteiger partial charge in [-0.25, -0.2) is 9.69 Å². The molecule has 1 aliphatic heterocycles. The molecule has 3 aromatic carbocycles. The fraction of sp³-hybridized carbons (Fsp3) is 0.148. The highest BCUT2D eigenvalue weighted by Gasteiger charge is 2.41. The number of carbonyl (C=O) groups is 2. The second kappa shape index (κ2) is 11.5. The van der Waals surface area contributed by atoms with E-state index in [-0.39, 0.29) is 12.2 Å². The minimum Gasteiger partial charge on any atom is -0.338 e. The second-order valence-corrected chi connectivity index (χ2v) is 10.7. The molecule has 198 valence electrons. The van der Waals surface area contributed by atoms with E-state index >= 15 is 0 Å². The van der Waals surface area contributed by atoms with Gasteiger partial charge in [0, 0.05) is 40.7 Å². The number of nitrogens with zero attached hydrogens (tertiary/aromatic N) is 4. The first kappa shape index (κ1) is 26.7. The molecule has 9 nitrogen and oxygen atoms in total. The standard InChI is InChI=1S/C27H21Cl2N5O4S/c28-20-7-2-17(3-8-20)14-24-25(35)33(26(39-24)18-4-9-21(29)10-5-18)27(36)30-12-1-13-32-23-15-22(34(37)38)11-6-19(23)16-31-32/h2-11,14-16,26H,1,12-13H2,(H,30,36)/b24-14-. The topological polar surface area (TPSA) is 110 Å². The third-order valence-electron chi connectivity index (χ3n) is 6.11. The van der Waals surface area contributed by atoms with Crippen LogP contribution in [0.3, 0.4) is 0 Å². The highest BCUT2D eigenvalue weighted by molar-refractivity contribution is 8.04. The summed E-state index contributed by atoms with van der Waals surface area (Å²) < 4.78 is 1.66. The third-order valence-corrected chi connectivity index (χ3v) is 7.86. The van der Waals surface area contributed by atoms with Gasteiger partial charge in [-0.3, -0.25) is 19.6 Å². The average molecular weight is 582 g/mol. The van der Waals surface area contributed by atoms with Gasteiger partial charge in [0.2, 0.25) is 0 Å². The van der Waals surface area contributed by atoms with E-state index in [0.717, 1.165) is 16.5 Å². The van der Waals surface area contributed by atoms with Crippen molar-refractivity contribution in [1.82, 2.24) is 20.0 Å². The predicted molar refractivity (Wildman–Crippen MR) is 152 cm³/mol. The molecule has 1 saturated heterocycles. The van der Waals surface area contributed by atoms with Crippen LogP contribution in [-0.2, 0) is 11.3 Å². The Balaban J connectivity index is 1.29. The summed E-state index contributed by atoms with van der Waals surface area (Å²) in [6, 6.07) is 18.2. The molecular weight excluding hydrogens is 561 g/mol. The Labute approximate surface area is 237 Å². The lowest BCUT2D eigenvalue weighted by atomic mass is 10.2. The van der Waals surface area contributed by atoms with Crippen LogP contribution in [0.5, 0.6) is 0 Å². The van der Waals surface area contributed by atoms with Crippen molar-refractivity contribution in [2.45, 2.75) is 18.3 Å². The zero-order chi connectivity index (χ0) is 27.5.